The summed E-state index contributed by atoms with van der Waals surface area (Å²) in [7, 11) is 0. The van der Waals surface area contributed by atoms with Crippen molar-refractivity contribution >= 4 is 11.9 Å². The lowest BCUT2D eigenvalue weighted by Gasteiger charge is -2.31. The molecule has 1 amide bonds. The highest BCUT2D eigenvalue weighted by molar-refractivity contribution is 5.85. The van der Waals surface area contributed by atoms with Gasteiger partial charge < -0.3 is 15.2 Å². The summed E-state index contributed by atoms with van der Waals surface area (Å²) in [5, 5.41) is 14.4. The molecule has 4 nitrogen and oxygen atoms in total. The van der Waals surface area contributed by atoms with E-state index in [4.69, 9.17) is 0 Å². The molecule has 5 atom stereocenters. The molecule has 3 rings (SSSR count). The van der Waals surface area contributed by atoms with Gasteiger partial charge in [-0.1, -0.05) is 29.8 Å². The van der Waals surface area contributed by atoms with Crippen LogP contribution in [0.3, 0.4) is 0 Å². The molecule has 2 bridgehead atoms. The van der Waals surface area contributed by atoms with Crippen molar-refractivity contribution < 1.29 is 14.7 Å². The fourth-order valence-corrected chi connectivity index (χ4v) is 4.26. The molecule has 0 spiro atoms. The van der Waals surface area contributed by atoms with Crippen LogP contribution in [0.4, 0.5) is 0 Å². The van der Waals surface area contributed by atoms with Crippen LogP contribution < -0.4 is 10.4 Å². The Kier molecular flexibility index (Phi) is 3.94. The first-order valence-electron chi connectivity index (χ1n) is 8.05. The highest BCUT2D eigenvalue weighted by Crippen LogP contribution is 2.52. The molecule has 1 aromatic carbocycles. The van der Waals surface area contributed by atoms with Crippen LogP contribution in [0.2, 0.25) is 0 Å². The molecule has 1 N–H and O–H groups in total. The van der Waals surface area contributed by atoms with E-state index >= 15 is 0 Å². The monoisotopic (exact) mass is 300 g/mol. The van der Waals surface area contributed by atoms with E-state index in [1.165, 1.54) is 5.56 Å². The van der Waals surface area contributed by atoms with Gasteiger partial charge in [0.1, 0.15) is 0 Å². The highest BCUT2D eigenvalue weighted by atomic mass is 16.4. The standard InChI is InChI=1S/C18H23NO3/c1-10-3-5-12(6-4-10)11(2)19-17(20)15-13-7-8-14(9-13)16(15)18(21)22/h3-6,11,13-16H,7-9H2,1-2H3,(H,19,20)(H,21,22)/p-1/t11-,13-,14+,15+,16+/m1/s1. The summed E-state index contributed by atoms with van der Waals surface area (Å²) < 4.78 is 0. The number of aryl methyl sites for hydroxylation is 1. The minimum atomic E-state index is -1.06. The second-order valence-electron chi connectivity index (χ2n) is 6.84. The zero-order chi connectivity index (χ0) is 15.9. The number of carboxylic acid groups (broad SMARTS) is 1. The smallest absolute Gasteiger partial charge is 0.224 e. The molecule has 1 aromatic rings. The molecular weight excluding hydrogens is 278 g/mol. The van der Waals surface area contributed by atoms with Crippen LogP contribution in [0.25, 0.3) is 0 Å². The Balaban J connectivity index is 1.71. The van der Waals surface area contributed by atoms with E-state index in [9.17, 15) is 14.7 Å². The summed E-state index contributed by atoms with van der Waals surface area (Å²) >= 11 is 0. The topological polar surface area (TPSA) is 69.2 Å². The molecular formula is C18H22NO3-. The molecule has 0 heterocycles. The van der Waals surface area contributed by atoms with Crippen molar-refractivity contribution in [1.82, 2.24) is 5.32 Å². The van der Waals surface area contributed by atoms with Gasteiger partial charge in [-0.15, -0.1) is 0 Å². The first kappa shape index (κ1) is 15.1. The molecule has 0 aromatic heterocycles. The first-order valence-corrected chi connectivity index (χ1v) is 8.05. The van der Waals surface area contributed by atoms with Crippen LogP contribution in [0, 0.1) is 30.6 Å². The van der Waals surface area contributed by atoms with E-state index in [1.807, 2.05) is 38.1 Å². The van der Waals surface area contributed by atoms with E-state index in [0.717, 1.165) is 24.8 Å². The predicted octanol–water partition coefficient (Wildman–Crippen LogP) is 1.58. The third kappa shape index (κ3) is 2.62. The fourth-order valence-electron chi connectivity index (χ4n) is 4.26. The molecule has 2 fully saturated rings. The number of amides is 1. The largest absolute Gasteiger partial charge is 0.550 e. The Morgan fingerprint density at radius 1 is 1.14 bits per heavy atom. The SMILES string of the molecule is Cc1ccc([C@@H](C)NC(=O)[C@H]2[C@@H]3CC[C@@H](C3)[C@@H]2C(=O)[O-])cc1. The Labute approximate surface area is 130 Å². The maximum atomic E-state index is 12.6. The molecule has 2 saturated carbocycles. The number of carboxylic acids is 1. The molecule has 0 aliphatic heterocycles. The molecule has 0 radical (unpaired) electrons. The van der Waals surface area contributed by atoms with Crippen LogP contribution >= 0.6 is 0 Å². The summed E-state index contributed by atoms with van der Waals surface area (Å²) in [5.41, 5.74) is 2.21. The molecule has 0 saturated heterocycles. The number of hydrogen-bond acceptors (Lipinski definition) is 3. The lowest BCUT2D eigenvalue weighted by molar-refractivity contribution is -0.314. The van der Waals surface area contributed by atoms with Crippen molar-refractivity contribution in [3.8, 4) is 0 Å². The zero-order valence-corrected chi connectivity index (χ0v) is 13.0. The number of carbonyl (C=O) groups excluding carboxylic acids is 2. The number of benzene rings is 1. The summed E-state index contributed by atoms with van der Waals surface area (Å²) in [6, 6.07) is 7.91. The van der Waals surface area contributed by atoms with Gasteiger partial charge in [-0.25, -0.2) is 0 Å². The molecule has 118 valence electrons. The van der Waals surface area contributed by atoms with Crippen LogP contribution in [0.1, 0.15) is 43.4 Å². The first-order chi connectivity index (χ1) is 10.5. The van der Waals surface area contributed by atoms with E-state index in [2.05, 4.69) is 5.32 Å². The highest BCUT2D eigenvalue weighted by Gasteiger charge is 2.51. The summed E-state index contributed by atoms with van der Waals surface area (Å²) in [6.07, 6.45) is 2.74. The lowest BCUT2D eigenvalue weighted by Crippen LogP contribution is -2.46. The Hall–Kier alpha value is -1.84. The average molecular weight is 300 g/mol. The number of aliphatic carboxylic acids is 1. The average Bonchev–Trinajstić information content (AvgIpc) is 3.08. The fraction of sp³-hybridized carbons (Fsp3) is 0.556. The van der Waals surface area contributed by atoms with Crippen LogP contribution in [0.15, 0.2) is 24.3 Å². The van der Waals surface area contributed by atoms with Gasteiger partial charge in [0.05, 0.1) is 6.04 Å². The van der Waals surface area contributed by atoms with Crippen molar-refractivity contribution in [2.24, 2.45) is 23.7 Å². The predicted molar refractivity (Wildman–Crippen MR) is 80.6 cm³/mol. The third-order valence-electron chi connectivity index (χ3n) is 5.43. The summed E-state index contributed by atoms with van der Waals surface area (Å²) in [6.45, 7) is 3.95. The van der Waals surface area contributed by atoms with Gasteiger partial charge in [0.15, 0.2) is 0 Å². The van der Waals surface area contributed by atoms with E-state index in [1.54, 1.807) is 0 Å². The molecule has 2 aliphatic carbocycles. The lowest BCUT2D eigenvalue weighted by atomic mass is 9.78. The Bertz CT molecular complexity index is 580. The van der Waals surface area contributed by atoms with Gasteiger partial charge in [-0.05, 0) is 50.5 Å². The van der Waals surface area contributed by atoms with E-state index in [0.29, 0.717) is 0 Å². The number of carbonyl (C=O) groups is 2. The number of nitrogens with one attached hydrogen (secondary N) is 1. The molecule has 2 aliphatic rings. The number of rotatable bonds is 4. The molecule has 4 heteroatoms. The Morgan fingerprint density at radius 3 is 2.32 bits per heavy atom. The van der Waals surface area contributed by atoms with Gasteiger partial charge in [0.25, 0.3) is 0 Å². The number of fused-ring (bicyclic) bond motifs is 2. The van der Waals surface area contributed by atoms with Crippen molar-refractivity contribution in [3.05, 3.63) is 35.4 Å². The van der Waals surface area contributed by atoms with Gasteiger partial charge in [0, 0.05) is 17.8 Å². The van der Waals surface area contributed by atoms with Crippen LogP contribution in [-0.2, 0) is 9.59 Å². The van der Waals surface area contributed by atoms with Gasteiger partial charge in [-0.3, -0.25) is 4.79 Å². The third-order valence-corrected chi connectivity index (χ3v) is 5.43. The maximum absolute atomic E-state index is 12.6. The van der Waals surface area contributed by atoms with Crippen molar-refractivity contribution in [2.45, 2.75) is 39.2 Å². The molecule has 0 unspecified atom stereocenters. The second-order valence-corrected chi connectivity index (χ2v) is 6.84. The summed E-state index contributed by atoms with van der Waals surface area (Å²) in [4.78, 5) is 24.0. The minimum Gasteiger partial charge on any atom is -0.550 e. The quantitative estimate of drug-likeness (QED) is 0.918. The van der Waals surface area contributed by atoms with Crippen LogP contribution in [0.5, 0.6) is 0 Å². The van der Waals surface area contributed by atoms with Crippen molar-refractivity contribution in [3.63, 3.8) is 0 Å². The normalized spacial score (nSPS) is 31.0. The zero-order valence-electron chi connectivity index (χ0n) is 13.0. The molecule has 22 heavy (non-hydrogen) atoms. The number of hydrogen-bond donors (Lipinski definition) is 1. The van der Waals surface area contributed by atoms with Gasteiger partial charge in [0.2, 0.25) is 5.91 Å². The van der Waals surface area contributed by atoms with E-state index < -0.39 is 17.8 Å². The van der Waals surface area contributed by atoms with Gasteiger partial charge >= 0.3 is 0 Å². The Morgan fingerprint density at radius 2 is 1.73 bits per heavy atom. The van der Waals surface area contributed by atoms with Gasteiger partial charge in [-0.2, -0.15) is 0 Å². The van der Waals surface area contributed by atoms with Crippen LogP contribution in [-0.4, -0.2) is 11.9 Å². The second kappa shape index (κ2) is 5.75. The minimum absolute atomic E-state index is 0.116. The van der Waals surface area contributed by atoms with Crippen molar-refractivity contribution in [1.29, 1.82) is 0 Å². The summed E-state index contributed by atoms with van der Waals surface area (Å²) in [5.74, 6) is -1.89. The van der Waals surface area contributed by atoms with Crippen molar-refractivity contribution in [2.75, 3.05) is 0 Å². The maximum Gasteiger partial charge on any atom is 0.224 e. The van der Waals surface area contributed by atoms with E-state index in [-0.39, 0.29) is 23.8 Å².